The Labute approximate surface area is 99.7 Å². The average Bonchev–Trinajstić information content (AvgIpc) is 2.28. The monoisotopic (exact) mass is 234 g/mol. The number of benzene rings is 2. The van der Waals surface area contributed by atoms with Crippen LogP contribution in [0.2, 0.25) is 5.02 Å². The van der Waals surface area contributed by atoms with E-state index in [4.69, 9.17) is 11.6 Å². The number of hydrogen-bond donors (Lipinski definition) is 0. The summed E-state index contributed by atoms with van der Waals surface area (Å²) in [6.07, 6.45) is 0. The number of aryl methyl sites for hydroxylation is 1. The van der Waals surface area contributed by atoms with Gasteiger partial charge in [-0.2, -0.15) is 0 Å². The van der Waals surface area contributed by atoms with Crippen LogP contribution in [-0.4, -0.2) is 0 Å². The molecule has 0 aromatic heterocycles. The second-order valence-corrected chi connectivity index (χ2v) is 4.25. The van der Waals surface area contributed by atoms with Crippen LogP contribution in [0.3, 0.4) is 0 Å². The topological polar surface area (TPSA) is 0 Å². The molecule has 0 spiro atoms. The van der Waals surface area contributed by atoms with E-state index in [-0.39, 0.29) is 5.82 Å². The normalized spacial score (nSPS) is 10.5. The molecule has 0 atom stereocenters. The lowest BCUT2D eigenvalue weighted by Crippen LogP contribution is -1.87. The molecule has 2 aromatic carbocycles. The van der Waals surface area contributed by atoms with E-state index >= 15 is 0 Å². The second kappa shape index (κ2) is 4.26. The summed E-state index contributed by atoms with van der Waals surface area (Å²) in [5.41, 5.74) is 4.13. The zero-order chi connectivity index (χ0) is 11.7. The maximum absolute atomic E-state index is 12.8. The van der Waals surface area contributed by atoms with Gasteiger partial charge in [0, 0.05) is 5.02 Å². The van der Waals surface area contributed by atoms with Crippen LogP contribution in [0.4, 0.5) is 4.39 Å². The van der Waals surface area contributed by atoms with Crippen LogP contribution >= 0.6 is 11.6 Å². The Morgan fingerprint density at radius 2 is 1.56 bits per heavy atom. The van der Waals surface area contributed by atoms with Crippen LogP contribution in [0.1, 0.15) is 11.1 Å². The standard InChI is InChI=1S/C14H12ClF/c1-9-3-8-13(10(2)14(9)15)11-4-6-12(16)7-5-11/h3-8H,1-2H3. The van der Waals surface area contributed by atoms with Gasteiger partial charge in [-0.3, -0.25) is 0 Å². The minimum Gasteiger partial charge on any atom is -0.207 e. The van der Waals surface area contributed by atoms with Crippen LogP contribution in [0.5, 0.6) is 0 Å². The van der Waals surface area contributed by atoms with Gasteiger partial charge in [0.2, 0.25) is 0 Å². The van der Waals surface area contributed by atoms with Crippen LogP contribution in [0.15, 0.2) is 36.4 Å². The second-order valence-electron chi connectivity index (χ2n) is 3.88. The third kappa shape index (κ3) is 1.96. The zero-order valence-electron chi connectivity index (χ0n) is 9.22. The minimum atomic E-state index is -0.223. The number of rotatable bonds is 1. The van der Waals surface area contributed by atoms with Crippen molar-refractivity contribution in [3.05, 3.63) is 58.4 Å². The summed E-state index contributed by atoms with van der Waals surface area (Å²) in [4.78, 5) is 0. The third-order valence-corrected chi connectivity index (χ3v) is 3.32. The molecule has 2 aromatic rings. The predicted molar refractivity (Wildman–Crippen MR) is 66.3 cm³/mol. The van der Waals surface area contributed by atoms with Crippen LogP contribution in [0.25, 0.3) is 11.1 Å². The highest BCUT2D eigenvalue weighted by atomic mass is 35.5. The lowest BCUT2D eigenvalue weighted by Gasteiger charge is -2.09. The van der Waals surface area contributed by atoms with Gasteiger partial charge in [0.15, 0.2) is 0 Å². The molecule has 0 bridgehead atoms. The van der Waals surface area contributed by atoms with Gasteiger partial charge in [-0.1, -0.05) is 35.9 Å². The van der Waals surface area contributed by atoms with E-state index in [1.54, 1.807) is 12.1 Å². The van der Waals surface area contributed by atoms with Gasteiger partial charge in [0.25, 0.3) is 0 Å². The van der Waals surface area contributed by atoms with Crippen LogP contribution < -0.4 is 0 Å². The molecule has 0 fully saturated rings. The largest absolute Gasteiger partial charge is 0.207 e. The summed E-state index contributed by atoms with van der Waals surface area (Å²) < 4.78 is 12.8. The van der Waals surface area contributed by atoms with Crippen molar-refractivity contribution in [2.24, 2.45) is 0 Å². The van der Waals surface area contributed by atoms with Crippen molar-refractivity contribution in [3.8, 4) is 11.1 Å². The fraction of sp³-hybridized carbons (Fsp3) is 0.143. The van der Waals surface area contributed by atoms with Gasteiger partial charge in [-0.25, -0.2) is 4.39 Å². The molecule has 0 amide bonds. The summed E-state index contributed by atoms with van der Waals surface area (Å²) in [5, 5.41) is 0.779. The van der Waals surface area contributed by atoms with E-state index in [0.29, 0.717) is 0 Å². The van der Waals surface area contributed by atoms with Crippen molar-refractivity contribution in [1.29, 1.82) is 0 Å². The summed E-state index contributed by atoms with van der Waals surface area (Å²) in [6.45, 7) is 3.96. The third-order valence-electron chi connectivity index (χ3n) is 2.73. The Bertz CT molecular complexity index is 515. The summed E-state index contributed by atoms with van der Waals surface area (Å²) in [7, 11) is 0. The molecule has 16 heavy (non-hydrogen) atoms. The molecule has 0 saturated heterocycles. The Morgan fingerprint density at radius 3 is 2.19 bits per heavy atom. The Kier molecular flexibility index (Phi) is 2.97. The molecule has 0 N–H and O–H groups in total. The Morgan fingerprint density at radius 1 is 0.938 bits per heavy atom. The Hall–Kier alpha value is -1.34. The lowest BCUT2D eigenvalue weighted by molar-refractivity contribution is 0.628. The first-order valence-electron chi connectivity index (χ1n) is 5.11. The first kappa shape index (κ1) is 11.2. The van der Waals surface area contributed by atoms with E-state index in [2.05, 4.69) is 0 Å². The maximum atomic E-state index is 12.8. The molecule has 0 aliphatic rings. The SMILES string of the molecule is Cc1ccc(-c2ccc(F)cc2)c(C)c1Cl. The van der Waals surface area contributed by atoms with Crippen molar-refractivity contribution in [2.75, 3.05) is 0 Å². The van der Waals surface area contributed by atoms with E-state index in [1.165, 1.54) is 12.1 Å². The zero-order valence-corrected chi connectivity index (χ0v) is 9.98. The van der Waals surface area contributed by atoms with Crippen LogP contribution in [0, 0.1) is 19.7 Å². The molecule has 82 valence electrons. The summed E-state index contributed by atoms with van der Waals surface area (Å²) >= 11 is 6.19. The van der Waals surface area contributed by atoms with Crippen LogP contribution in [-0.2, 0) is 0 Å². The molecule has 0 nitrogen and oxygen atoms in total. The molecule has 2 rings (SSSR count). The lowest BCUT2D eigenvalue weighted by atomic mass is 9.99. The Balaban J connectivity index is 2.57. The first-order chi connectivity index (χ1) is 7.59. The fourth-order valence-electron chi connectivity index (χ4n) is 1.76. The number of hydrogen-bond acceptors (Lipinski definition) is 0. The summed E-state index contributed by atoms with van der Waals surface area (Å²) in [6, 6.07) is 10.5. The van der Waals surface area contributed by atoms with E-state index < -0.39 is 0 Å². The smallest absolute Gasteiger partial charge is 0.123 e. The highest BCUT2D eigenvalue weighted by molar-refractivity contribution is 6.32. The van der Waals surface area contributed by atoms with Crippen molar-refractivity contribution in [2.45, 2.75) is 13.8 Å². The average molecular weight is 235 g/mol. The van der Waals surface area contributed by atoms with Gasteiger partial charge in [-0.15, -0.1) is 0 Å². The fourth-order valence-corrected chi connectivity index (χ4v) is 1.93. The molecule has 0 radical (unpaired) electrons. The van der Waals surface area contributed by atoms with E-state index in [0.717, 1.165) is 27.3 Å². The van der Waals surface area contributed by atoms with Crippen molar-refractivity contribution < 1.29 is 4.39 Å². The first-order valence-corrected chi connectivity index (χ1v) is 5.49. The summed E-state index contributed by atoms with van der Waals surface area (Å²) in [5.74, 6) is -0.223. The van der Waals surface area contributed by atoms with Crippen molar-refractivity contribution in [3.63, 3.8) is 0 Å². The molecular formula is C14H12ClF. The van der Waals surface area contributed by atoms with Gasteiger partial charge < -0.3 is 0 Å². The predicted octanol–water partition coefficient (Wildman–Crippen LogP) is 4.76. The van der Waals surface area contributed by atoms with Crippen molar-refractivity contribution in [1.82, 2.24) is 0 Å². The molecular weight excluding hydrogens is 223 g/mol. The van der Waals surface area contributed by atoms with E-state index in [9.17, 15) is 4.39 Å². The van der Waals surface area contributed by atoms with Gasteiger partial charge >= 0.3 is 0 Å². The maximum Gasteiger partial charge on any atom is 0.123 e. The highest BCUT2D eigenvalue weighted by Gasteiger charge is 2.07. The number of halogens is 2. The van der Waals surface area contributed by atoms with Crippen molar-refractivity contribution >= 4 is 11.6 Å². The minimum absolute atomic E-state index is 0.223. The van der Waals surface area contributed by atoms with Gasteiger partial charge in [0.05, 0.1) is 0 Å². The molecule has 0 aliphatic heterocycles. The molecule has 0 saturated carbocycles. The highest BCUT2D eigenvalue weighted by Crippen LogP contribution is 2.30. The van der Waals surface area contributed by atoms with E-state index in [1.807, 2.05) is 26.0 Å². The van der Waals surface area contributed by atoms with Gasteiger partial charge in [-0.05, 0) is 48.2 Å². The molecule has 2 heteroatoms. The molecule has 0 heterocycles. The molecule has 0 aliphatic carbocycles. The van der Waals surface area contributed by atoms with Gasteiger partial charge in [0.1, 0.15) is 5.82 Å². The quantitative estimate of drug-likeness (QED) is 0.667. The molecule has 0 unspecified atom stereocenters.